The van der Waals surface area contributed by atoms with Gasteiger partial charge in [0.25, 0.3) is 0 Å². The largest absolute Gasteiger partial charge is 0.337 e. The predicted octanol–water partition coefficient (Wildman–Crippen LogP) is 0.880. The molecule has 0 radical (unpaired) electrons. The summed E-state index contributed by atoms with van der Waals surface area (Å²) in [6, 6.07) is -0.192. The Labute approximate surface area is 87.1 Å². The highest BCUT2D eigenvalue weighted by Crippen LogP contribution is 2.17. The molecule has 0 aliphatic carbocycles. The van der Waals surface area contributed by atoms with Gasteiger partial charge in [-0.2, -0.15) is 10.1 Å². The summed E-state index contributed by atoms with van der Waals surface area (Å²) < 4.78 is 6.74. The van der Waals surface area contributed by atoms with Crippen LogP contribution in [0.15, 0.2) is 16.9 Å². The van der Waals surface area contributed by atoms with Crippen molar-refractivity contribution in [3.8, 4) is 11.4 Å². The first-order chi connectivity index (χ1) is 7.20. The SMILES string of the molecule is CCC(N)c1nc(-c2cnn(C)c2)no1. The molecule has 0 saturated carbocycles. The molecule has 0 amide bonds. The Hall–Kier alpha value is -1.69. The van der Waals surface area contributed by atoms with Crippen molar-refractivity contribution < 1.29 is 4.52 Å². The molecule has 0 spiro atoms. The van der Waals surface area contributed by atoms with Crippen LogP contribution in [0.5, 0.6) is 0 Å². The molecule has 6 nitrogen and oxygen atoms in total. The van der Waals surface area contributed by atoms with Gasteiger partial charge in [-0.25, -0.2) is 0 Å². The van der Waals surface area contributed by atoms with Gasteiger partial charge in [-0.15, -0.1) is 0 Å². The summed E-state index contributed by atoms with van der Waals surface area (Å²) >= 11 is 0. The molecule has 0 aliphatic heterocycles. The van der Waals surface area contributed by atoms with Crippen LogP contribution in [0.3, 0.4) is 0 Å². The van der Waals surface area contributed by atoms with Crippen molar-refractivity contribution in [3.05, 3.63) is 18.3 Å². The van der Waals surface area contributed by atoms with E-state index in [2.05, 4.69) is 15.2 Å². The first-order valence-electron chi connectivity index (χ1n) is 4.79. The summed E-state index contributed by atoms with van der Waals surface area (Å²) in [5.41, 5.74) is 6.60. The zero-order valence-electron chi connectivity index (χ0n) is 8.71. The maximum Gasteiger partial charge on any atom is 0.243 e. The molecule has 2 rings (SSSR count). The van der Waals surface area contributed by atoms with Gasteiger partial charge in [-0.05, 0) is 6.42 Å². The highest BCUT2D eigenvalue weighted by atomic mass is 16.5. The van der Waals surface area contributed by atoms with E-state index < -0.39 is 0 Å². The standard InChI is InChI=1S/C9H13N5O/c1-3-7(10)9-12-8(13-15-9)6-4-11-14(2)5-6/h4-5,7H,3,10H2,1-2H3. The monoisotopic (exact) mass is 207 g/mol. The molecule has 0 saturated heterocycles. The minimum absolute atomic E-state index is 0.192. The van der Waals surface area contributed by atoms with Crippen LogP contribution in [0, 0.1) is 0 Å². The molecular weight excluding hydrogens is 194 g/mol. The molecule has 2 heterocycles. The molecule has 0 fully saturated rings. The Balaban J connectivity index is 2.27. The second-order valence-electron chi connectivity index (χ2n) is 3.37. The summed E-state index contributed by atoms with van der Waals surface area (Å²) in [6.07, 6.45) is 4.28. The highest BCUT2D eigenvalue weighted by Gasteiger charge is 2.14. The average molecular weight is 207 g/mol. The van der Waals surface area contributed by atoms with Gasteiger partial charge in [0.05, 0.1) is 17.8 Å². The quantitative estimate of drug-likeness (QED) is 0.807. The predicted molar refractivity (Wildman–Crippen MR) is 53.7 cm³/mol. The van der Waals surface area contributed by atoms with Crippen molar-refractivity contribution >= 4 is 0 Å². The third kappa shape index (κ3) is 1.89. The second kappa shape index (κ2) is 3.82. The Morgan fingerprint density at radius 1 is 1.60 bits per heavy atom. The molecule has 1 atom stereocenters. The molecule has 15 heavy (non-hydrogen) atoms. The maximum absolute atomic E-state index is 5.77. The summed E-state index contributed by atoms with van der Waals surface area (Å²) in [5.74, 6) is 0.998. The third-order valence-electron chi connectivity index (χ3n) is 2.16. The summed E-state index contributed by atoms with van der Waals surface area (Å²) in [6.45, 7) is 1.97. The Bertz CT molecular complexity index is 447. The lowest BCUT2D eigenvalue weighted by molar-refractivity contribution is 0.352. The van der Waals surface area contributed by atoms with E-state index in [-0.39, 0.29) is 6.04 Å². The van der Waals surface area contributed by atoms with Gasteiger partial charge >= 0.3 is 0 Å². The van der Waals surface area contributed by atoms with Gasteiger partial charge < -0.3 is 10.3 Å². The van der Waals surface area contributed by atoms with Crippen LogP contribution in [0.25, 0.3) is 11.4 Å². The van der Waals surface area contributed by atoms with Crippen molar-refractivity contribution in [1.29, 1.82) is 0 Å². The number of aromatic nitrogens is 4. The number of nitrogens with zero attached hydrogens (tertiary/aromatic N) is 4. The fourth-order valence-electron chi connectivity index (χ4n) is 1.21. The van der Waals surface area contributed by atoms with Crippen molar-refractivity contribution in [2.24, 2.45) is 12.8 Å². The fraction of sp³-hybridized carbons (Fsp3) is 0.444. The van der Waals surface area contributed by atoms with Crippen molar-refractivity contribution in [2.45, 2.75) is 19.4 Å². The molecule has 2 aromatic rings. The van der Waals surface area contributed by atoms with E-state index in [1.165, 1.54) is 0 Å². The summed E-state index contributed by atoms with van der Waals surface area (Å²) in [7, 11) is 1.84. The van der Waals surface area contributed by atoms with E-state index in [1.54, 1.807) is 10.9 Å². The number of rotatable bonds is 3. The normalized spacial score (nSPS) is 13.0. The first-order valence-corrected chi connectivity index (χ1v) is 4.79. The van der Waals surface area contributed by atoms with Crippen molar-refractivity contribution in [2.75, 3.05) is 0 Å². The van der Waals surface area contributed by atoms with E-state index in [1.807, 2.05) is 20.2 Å². The zero-order chi connectivity index (χ0) is 10.8. The maximum atomic E-state index is 5.77. The van der Waals surface area contributed by atoms with Crippen LogP contribution in [0.1, 0.15) is 25.3 Å². The van der Waals surface area contributed by atoms with Crippen LogP contribution >= 0.6 is 0 Å². The molecular formula is C9H13N5O. The van der Waals surface area contributed by atoms with E-state index >= 15 is 0 Å². The van der Waals surface area contributed by atoms with E-state index in [4.69, 9.17) is 10.3 Å². The lowest BCUT2D eigenvalue weighted by Gasteiger charge is -1.98. The smallest absolute Gasteiger partial charge is 0.243 e. The molecule has 2 N–H and O–H groups in total. The molecule has 0 bridgehead atoms. The Kier molecular flexibility index (Phi) is 2.51. The van der Waals surface area contributed by atoms with Gasteiger partial charge in [0.1, 0.15) is 0 Å². The highest BCUT2D eigenvalue weighted by molar-refractivity contribution is 5.50. The van der Waals surface area contributed by atoms with Crippen molar-refractivity contribution in [3.63, 3.8) is 0 Å². The first kappa shape index (κ1) is 9.85. The zero-order valence-corrected chi connectivity index (χ0v) is 8.71. The number of aryl methyl sites for hydroxylation is 1. The Morgan fingerprint density at radius 2 is 2.40 bits per heavy atom. The van der Waals surface area contributed by atoms with Crippen LogP contribution in [-0.4, -0.2) is 19.9 Å². The van der Waals surface area contributed by atoms with Crippen LogP contribution in [0.2, 0.25) is 0 Å². The van der Waals surface area contributed by atoms with E-state index in [0.29, 0.717) is 11.7 Å². The molecule has 80 valence electrons. The van der Waals surface area contributed by atoms with Gasteiger partial charge in [-0.3, -0.25) is 4.68 Å². The van der Waals surface area contributed by atoms with Gasteiger partial charge in [0.2, 0.25) is 11.7 Å². The average Bonchev–Trinajstić information content (AvgIpc) is 2.84. The van der Waals surface area contributed by atoms with E-state index in [9.17, 15) is 0 Å². The van der Waals surface area contributed by atoms with Gasteiger partial charge in [-0.1, -0.05) is 12.1 Å². The lowest BCUT2D eigenvalue weighted by atomic mass is 10.2. The van der Waals surface area contributed by atoms with Crippen LogP contribution in [-0.2, 0) is 7.05 Å². The Morgan fingerprint density at radius 3 is 3.00 bits per heavy atom. The topological polar surface area (TPSA) is 82.8 Å². The summed E-state index contributed by atoms with van der Waals surface area (Å²) in [4.78, 5) is 4.21. The van der Waals surface area contributed by atoms with E-state index in [0.717, 1.165) is 12.0 Å². The number of hydrogen-bond acceptors (Lipinski definition) is 5. The minimum atomic E-state index is -0.192. The lowest BCUT2D eigenvalue weighted by Crippen LogP contribution is -2.08. The van der Waals surface area contributed by atoms with Crippen molar-refractivity contribution in [1.82, 2.24) is 19.9 Å². The minimum Gasteiger partial charge on any atom is -0.337 e. The second-order valence-corrected chi connectivity index (χ2v) is 3.37. The molecule has 0 aromatic carbocycles. The number of hydrogen-bond donors (Lipinski definition) is 1. The third-order valence-corrected chi connectivity index (χ3v) is 2.16. The molecule has 2 aromatic heterocycles. The molecule has 0 aliphatic rings. The number of nitrogens with two attached hydrogens (primary N) is 1. The molecule has 1 unspecified atom stereocenters. The fourth-order valence-corrected chi connectivity index (χ4v) is 1.21. The van der Waals surface area contributed by atoms with Crippen LogP contribution in [0.4, 0.5) is 0 Å². The van der Waals surface area contributed by atoms with Crippen LogP contribution < -0.4 is 5.73 Å². The summed E-state index contributed by atoms with van der Waals surface area (Å²) in [5, 5.41) is 7.88. The van der Waals surface area contributed by atoms with Gasteiger partial charge in [0.15, 0.2) is 0 Å². The van der Waals surface area contributed by atoms with Gasteiger partial charge in [0, 0.05) is 13.2 Å². The molecule has 6 heteroatoms.